The van der Waals surface area contributed by atoms with Crippen LogP contribution in [0.4, 0.5) is 0 Å². The Morgan fingerprint density at radius 3 is 2.63 bits per heavy atom. The van der Waals surface area contributed by atoms with Crippen molar-refractivity contribution in [3.8, 4) is 0 Å². The van der Waals surface area contributed by atoms with Gasteiger partial charge in [-0.05, 0) is 67.4 Å². The van der Waals surface area contributed by atoms with Gasteiger partial charge in [0.25, 0.3) is 0 Å². The van der Waals surface area contributed by atoms with E-state index in [0.717, 1.165) is 38.5 Å². The van der Waals surface area contributed by atoms with Gasteiger partial charge in [0, 0.05) is 30.5 Å². The van der Waals surface area contributed by atoms with Crippen molar-refractivity contribution in [3.05, 3.63) is 35.9 Å². The monoisotopic (exact) mass is 362 g/mol. The molecule has 3 unspecified atom stereocenters. The van der Waals surface area contributed by atoms with Crippen molar-refractivity contribution < 1.29 is 4.79 Å². The Morgan fingerprint density at radius 1 is 1.11 bits per heavy atom. The molecule has 0 radical (unpaired) electrons. The highest BCUT2D eigenvalue weighted by molar-refractivity contribution is 5.86. The van der Waals surface area contributed by atoms with Crippen LogP contribution in [-0.4, -0.2) is 37.0 Å². The average molecular weight is 363 g/mol. The number of nitrogens with zero attached hydrogens (tertiary/aromatic N) is 1. The van der Waals surface area contributed by atoms with E-state index in [1.165, 1.54) is 37.7 Å². The minimum absolute atomic E-state index is 0.0532. The normalized spacial score (nSPS) is 50.1. The predicted octanol–water partition coefficient (Wildman–Crippen LogP) is 3.35. The van der Waals surface area contributed by atoms with Crippen LogP contribution in [0.2, 0.25) is 0 Å². The number of fused-ring (bicyclic) bond motifs is 1. The highest BCUT2D eigenvalue weighted by Gasteiger charge is 2.89. The van der Waals surface area contributed by atoms with E-state index in [-0.39, 0.29) is 10.8 Å². The molecule has 3 heteroatoms. The Labute approximate surface area is 161 Å². The van der Waals surface area contributed by atoms with Gasteiger partial charge < -0.3 is 10.2 Å². The summed E-state index contributed by atoms with van der Waals surface area (Å²) < 4.78 is 0. The fraction of sp³-hybridized carbons (Fsp3) is 0.708. The van der Waals surface area contributed by atoms with Gasteiger partial charge in [-0.3, -0.25) is 4.79 Å². The zero-order chi connectivity index (χ0) is 18.1. The number of likely N-dealkylation sites (tertiary alicyclic amines) is 1. The fourth-order valence-corrected chi connectivity index (χ4v) is 9.73. The van der Waals surface area contributed by atoms with Crippen molar-refractivity contribution in [2.24, 2.45) is 27.6 Å². The van der Waals surface area contributed by atoms with Crippen LogP contribution in [0.1, 0.15) is 51.0 Å². The van der Waals surface area contributed by atoms with E-state index in [0.29, 0.717) is 22.2 Å². The van der Waals surface area contributed by atoms with Crippen molar-refractivity contribution in [3.63, 3.8) is 0 Å². The van der Waals surface area contributed by atoms with E-state index in [1.807, 2.05) is 0 Å². The summed E-state index contributed by atoms with van der Waals surface area (Å²) in [4.78, 5) is 16.1. The molecule has 6 fully saturated rings. The maximum absolute atomic E-state index is 13.8. The first-order chi connectivity index (χ1) is 13.0. The third kappa shape index (κ3) is 1.44. The summed E-state index contributed by atoms with van der Waals surface area (Å²) in [5.41, 5.74) is 3.10. The van der Waals surface area contributed by atoms with Gasteiger partial charge in [0.2, 0.25) is 5.91 Å². The molecular formula is C24H30N2O. The SMILES string of the molecule is C[C@]12CC3CC4(C(=O)N5CC6(CCNC6)C5)CC31[C@](c1ccccc1)(C4)C2. The maximum Gasteiger partial charge on any atom is 0.228 e. The molecule has 4 aliphatic carbocycles. The summed E-state index contributed by atoms with van der Waals surface area (Å²) >= 11 is 0. The van der Waals surface area contributed by atoms with Crippen LogP contribution in [0.3, 0.4) is 0 Å². The zero-order valence-corrected chi connectivity index (χ0v) is 16.4. The molecule has 1 N–H and O–H groups in total. The first-order valence-electron chi connectivity index (χ1n) is 11.0. The van der Waals surface area contributed by atoms with E-state index in [1.54, 1.807) is 0 Å². The van der Waals surface area contributed by atoms with E-state index in [2.05, 4.69) is 47.5 Å². The molecule has 27 heavy (non-hydrogen) atoms. The van der Waals surface area contributed by atoms with Gasteiger partial charge in [-0.15, -0.1) is 0 Å². The van der Waals surface area contributed by atoms with Crippen LogP contribution in [0, 0.1) is 27.6 Å². The number of benzene rings is 1. The first-order valence-corrected chi connectivity index (χ1v) is 11.0. The molecule has 4 saturated carbocycles. The maximum atomic E-state index is 13.8. The van der Waals surface area contributed by atoms with Gasteiger partial charge in [0.1, 0.15) is 0 Å². The van der Waals surface area contributed by atoms with Crippen molar-refractivity contribution in [2.75, 3.05) is 26.2 Å². The van der Waals surface area contributed by atoms with Crippen molar-refractivity contribution in [1.82, 2.24) is 10.2 Å². The van der Waals surface area contributed by atoms with Crippen LogP contribution in [0.5, 0.6) is 0 Å². The van der Waals surface area contributed by atoms with Crippen LogP contribution < -0.4 is 5.32 Å². The van der Waals surface area contributed by atoms with Gasteiger partial charge in [0.15, 0.2) is 0 Å². The summed E-state index contributed by atoms with van der Waals surface area (Å²) in [6.45, 7) is 6.79. The summed E-state index contributed by atoms with van der Waals surface area (Å²) in [6, 6.07) is 11.3. The van der Waals surface area contributed by atoms with Crippen LogP contribution in [-0.2, 0) is 10.2 Å². The Bertz CT molecular complexity index is 852. The number of carbonyl (C=O) groups is 1. The van der Waals surface area contributed by atoms with Gasteiger partial charge in [0.05, 0.1) is 5.41 Å². The van der Waals surface area contributed by atoms with Gasteiger partial charge in [-0.25, -0.2) is 0 Å². The van der Waals surface area contributed by atoms with E-state index >= 15 is 0 Å². The lowest BCUT2D eigenvalue weighted by molar-refractivity contribution is -0.271. The molecule has 5 atom stereocenters. The van der Waals surface area contributed by atoms with Crippen molar-refractivity contribution in [1.29, 1.82) is 0 Å². The average Bonchev–Trinajstić information content (AvgIpc) is 3.30. The molecule has 1 amide bonds. The second-order valence-corrected chi connectivity index (χ2v) is 11.5. The van der Waals surface area contributed by atoms with Gasteiger partial charge >= 0.3 is 0 Å². The molecule has 2 saturated heterocycles. The summed E-state index contributed by atoms with van der Waals surface area (Å²) in [5.74, 6) is 1.31. The minimum atomic E-state index is -0.0532. The molecule has 7 rings (SSSR count). The number of carbonyl (C=O) groups excluding carboxylic acids is 1. The molecule has 1 aromatic rings. The lowest BCUT2D eigenvalue weighted by atomic mass is 9.24. The highest BCUT2D eigenvalue weighted by Crippen LogP contribution is 2.94. The number of hydrogen-bond donors (Lipinski definition) is 1. The highest BCUT2D eigenvalue weighted by atomic mass is 16.2. The van der Waals surface area contributed by atoms with Crippen LogP contribution in [0.15, 0.2) is 30.3 Å². The van der Waals surface area contributed by atoms with Crippen molar-refractivity contribution >= 4 is 5.91 Å². The predicted molar refractivity (Wildman–Crippen MR) is 104 cm³/mol. The topological polar surface area (TPSA) is 32.3 Å². The fourth-order valence-electron chi connectivity index (χ4n) is 9.73. The Kier molecular flexibility index (Phi) is 2.48. The molecule has 2 bridgehead atoms. The van der Waals surface area contributed by atoms with Crippen LogP contribution >= 0.6 is 0 Å². The Morgan fingerprint density at radius 2 is 1.93 bits per heavy atom. The number of rotatable bonds is 2. The first kappa shape index (κ1) is 15.6. The lowest BCUT2D eigenvalue weighted by Crippen LogP contribution is -2.75. The van der Waals surface area contributed by atoms with E-state index < -0.39 is 0 Å². The number of hydrogen-bond acceptors (Lipinski definition) is 2. The molecule has 3 nitrogen and oxygen atoms in total. The quantitative estimate of drug-likeness (QED) is 0.875. The largest absolute Gasteiger partial charge is 0.341 e. The third-order valence-corrected chi connectivity index (χ3v) is 10.4. The molecule has 1 aromatic carbocycles. The second-order valence-electron chi connectivity index (χ2n) is 11.5. The second kappa shape index (κ2) is 4.30. The molecule has 2 heterocycles. The molecular weight excluding hydrogens is 332 g/mol. The number of amides is 1. The summed E-state index contributed by atoms with van der Waals surface area (Å²) in [6.07, 6.45) is 7.40. The standard InChI is InChI=1S/C24H30N2O/c1-20-9-18-10-22(19(27)26-15-21(16-26)7-8-25-14-21)12-23(11-20,24(18,20)13-22)17-5-3-2-4-6-17/h2-6,18,25H,7-16H2,1H3/t18?,20-,22?,23+,24?/m1/s1. The van der Waals surface area contributed by atoms with E-state index in [9.17, 15) is 4.79 Å². The van der Waals surface area contributed by atoms with Gasteiger partial charge in [-0.1, -0.05) is 37.3 Å². The Balaban J connectivity index is 1.25. The third-order valence-electron chi connectivity index (χ3n) is 10.4. The van der Waals surface area contributed by atoms with Crippen molar-refractivity contribution in [2.45, 2.75) is 50.9 Å². The minimum Gasteiger partial charge on any atom is -0.341 e. The lowest BCUT2D eigenvalue weighted by Gasteiger charge is -2.79. The molecule has 2 spiro atoms. The molecule has 142 valence electrons. The smallest absolute Gasteiger partial charge is 0.228 e. The van der Waals surface area contributed by atoms with E-state index in [4.69, 9.17) is 0 Å². The molecule has 6 aliphatic rings. The van der Waals surface area contributed by atoms with Crippen LogP contribution in [0.25, 0.3) is 0 Å². The summed E-state index contributed by atoms with van der Waals surface area (Å²) in [7, 11) is 0. The zero-order valence-electron chi connectivity index (χ0n) is 16.4. The summed E-state index contributed by atoms with van der Waals surface area (Å²) in [5, 5.41) is 3.51. The Hall–Kier alpha value is -1.35. The molecule has 0 aromatic heterocycles. The van der Waals surface area contributed by atoms with Gasteiger partial charge in [-0.2, -0.15) is 0 Å². The molecule has 2 aliphatic heterocycles. The number of nitrogens with one attached hydrogen (secondary N) is 1.